The van der Waals surface area contributed by atoms with E-state index in [0.717, 1.165) is 12.1 Å². The van der Waals surface area contributed by atoms with Gasteiger partial charge in [-0.15, -0.1) is 4.91 Å². The lowest BCUT2D eigenvalue weighted by Gasteiger charge is -2.12. The van der Waals surface area contributed by atoms with E-state index in [9.17, 15) is 18.1 Å². The maximum atomic E-state index is 12.7. The molecule has 0 saturated carbocycles. The number of aromatic hydroxyl groups is 1. The summed E-state index contributed by atoms with van der Waals surface area (Å²) in [6, 6.07) is 8.94. The summed E-state index contributed by atoms with van der Waals surface area (Å²) in [5.74, 6) is 0.0482. The first kappa shape index (κ1) is 13.9. The summed E-state index contributed by atoms with van der Waals surface area (Å²) in [7, 11) is 0. The van der Waals surface area contributed by atoms with E-state index >= 15 is 0 Å². The fraction of sp³-hybridized carbons (Fsp3) is 0.0769. The van der Waals surface area contributed by atoms with Crippen molar-refractivity contribution in [1.82, 2.24) is 0 Å². The Morgan fingerprint density at radius 3 is 2.15 bits per heavy atom. The number of hydrogen-bond donors (Lipinski definition) is 2. The molecule has 7 heteroatoms. The largest absolute Gasteiger partial charge is 0.508 e. The summed E-state index contributed by atoms with van der Waals surface area (Å²) in [5.41, 5.74) is -1.09. The van der Waals surface area contributed by atoms with Crippen LogP contribution >= 0.6 is 0 Å². The Morgan fingerprint density at radius 2 is 1.60 bits per heavy atom. The molecule has 0 aromatic heterocycles. The van der Waals surface area contributed by atoms with E-state index in [4.69, 9.17) is 5.11 Å². The van der Waals surface area contributed by atoms with Crippen molar-refractivity contribution in [2.24, 2.45) is 5.18 Å². The zero-order valence-electron chi connectivity index (χ0n) is 9.98. The van der Waals surface area contributed by atoms with Crippen molar-refractivity contribution in [2.75, 3.05) is 5.32 Å². The Kier molecular flexibility index (Phi) is 3.60. The minimum absolute atomic E-state index is 0.0482. The van der Waals surface area contributed by atoms with Crippen molar-refractivity contribution in [3.63, 3.8) is 0 Å². The van der Waals surface area contributed by atoms with Gasteiger partial charge in [-0.25, -0.2) is 0 Å². The molecule has 0 aliphatic carbocycles. The van der Waals surface area contributed by atoms with Crippen LogP contribution < -0.4 is 5.32 Å². The third-order valence-electron chi connectivity index (χ3n) is 2.56. The van der Waals surface area contributed by atoms with Gasteiger partial charge in [0.2, 0.25) is 0 Å². The van der Waals surface area contributed by atoms with Crippen molar-refractivity contribution in [1.29, 1.82) is 0 Å². The number of hydrogen-bond acceptors (Lipinski definition) is 4. The number of nitrogens with zero attached hydrogens (tertiary/aromatic N) is 1. The molecule has 0 fully saturated rings. The SMILES string of the molecule is O=Nc1ccc(Nc2ccc(O)cc2)cc1C(F)(F)F. The van der Waals surface area contributed by atoms with Gasteiger partial charge in [-0.3, -0.25) is 0 Å². The summed E-state index contributed by atoms with van der Waals surface area (Å²) < 4.78 is 38.2. The van der Waals surface area contributed by atoms with Gasteiger partial charge in [-0.2, -0.15) is 13.2 Å². The van der Waals surface area contributed by atoms with Crippen LogP contribution in [0.15, 0.2) is 47.6 Å². The number of nitrogens with one attached hydrogen (secondary N) is 1. The molecule has 104 valence electrons. The summed E-state index contributed by atoms with van der Waals surface area (Å²) in [6.45, 7) is 0. The number of benzene rings is 2. The van der Waals surface area contributed by atoms with Crippen molar-refractivity contribution in [2.45, 2.75) is 6.18 Å². The molecule has 2 N–H and O–H groups in total. The van der Waals surface area contributed by atoms with Gasteiger partial charge in [0.25, 0.3) is 0 Å². The van der Waals surface area contributed by atoms with Crippen LogP contribution in [0.4, 0.5) is 30.2 Å². The third-order valence-corrected chi connectivity index (χ3v) is 2.56. The van der Waals surface area contributed by atoms with Crippen LogP contribution in [0.25, 0.3) is 0 Å². The highest BCUT2D eigenvalue weighted by atomic mass is 19.4. The second-order valence-corrected chi connectivity index (χ2v) is 3.99. The maximum absolute atomic E-state index is 12.7. The van der Waals surface area contributed by atoms with Crippen LogP contribution in [0, 0.1) is 4.91 Å². The standard InChI is InChI=1S/C13H9F3N2O2/c14-13(15,16)11-7-9(3-6-12(11)18-20)17-8-1-4-10(19)5-2-8/h1-7,17,19H. The molecule has 0 bridgehead atoms. The molecular formula is C13H9F3N2O2. The van der Waals surface area contributed by atoms with Gasteiger partial charge in [0.15, 0.2) is 0 Å². The Bertz CT molecular complexity index is 625. The lowest BCUT2D eigenvalue weighted by molar-refractivity contribution is -0.137. The lowest BCUT2D eigenvalue weighted by Crippen LogP contribution is -2.06. The minimum atomic E-state index is -4.66. The third kappa shape index (κ3) is 3.05. The molecule has 0 spiro atoms. The van der Waals surface area contributed by atoms with Gasteiger partial charge in [-0.1, -0.05) is 0 Å². The fourth-order valence-electron chi connectivity index (χ4n) is 1.63. The monoisotopic (exact) mass is 282 g/mol. The summed E-state index contributed by atoms with van der Waals surface area (Å²) in [6.07, 6.45) is -4.66. The number of alkyl halides is 3. The van der Waals surface area contributed by atoms with E-state index in [1.54, 1.807) is 0 Å². The van der Waals surface area contributed by atoms with E-state index in [2.05, 4.69) is 10.5 Å². The Balaban J connectivity index is 2.34. The van der Waals surface area contributed by atoms with Crippen molar-refractivity contribution in [3.8, 4) is 5.75 Å². The van der Waals surface area contributed by atoms with Gasteiger partial charge >= 0.3 is 6.18 Å². The van der Waals surface area contributed by atoms with Gasteiger partial charge in [-0.05, 0) is 47.6 Å². The number of anilines is 2. The molecule has 2 rings (SSSR count). The molecule has 0 atom stereocenters. The number of rotatable bonds is 3. The van der Waals surface area contributed by atoms with Crippen molar-refractivity contribution >= 4 is 17.1 Å². The van der Waals surface area contributed by atoms with Crippen LogP contribution in [-0.2, 0) is 6.18 Å². The number of phenolic OH excluding ortho intramolecular Hbond substituents is 1. The molecule has 4 nitrogen and oxygen atoms in total. The number of nitroso groups, excluding NO2 is 1. The number of halogens is 3. The summed E-state index contributed by atoms with van der Waals surface area (Å²) in [4.78, 5) is 10.4. The van der Waals surface area contributed by atoms with E-state index in [0.29, 0.717) is 5.69 Å². The van der Waals surface area contributed by atoms with E-state index in [-0.39, 0.29) is 11.4 Å². The van der Waals surface area contributed by atoms with Crippen LogP contribution in [0.1, 0.15) is 5.56 Å². The van der Waals surface area contributed by atoms with Gasteiger partial charge < -0.3 is 10.4 Å². The van der Waals surface area contributed by atoms with Crippen LogP contribution in [-0.4, -0.2) is 5.11 Å². The Labute approximate surface area is 111 Å². The van der Waals surface area contributed by atoms with Gasteiger partial charge in [0, 0.05) is 11.4 Å². The minimum Gasteiger partial charge on any atom is -0.508 e. The summed E-state index contributed by atoms with van der Waals surface area (Å²) >= 11 is 0. The average Bonchev–Trinajstić information content (AvgIpc) is 2.40. The Hall–Kier alpha value is -2.57. The second-order valence-electron chi connectivity index (χ2n) is 3.99. The van der Waals surface area contributed by atoms with Crippen LogP contribution in [0.2, 0.25) is 0 Å². The first-order chi connectivity index (χ1) is 9.40. The van der Waals surface area contributed by atoms with E-state index in [1.165, 1.54) is 30.3 Å². The quantitative estimate of drug-likeness (QED) is 0.641. The first-order valence-corrected chi connectivity index (χ1v) is 5.51. The molecule has 20 heavy (non-hydrogen) atoms. The van der Waals surface area contributed by atoms with Crippen molar-refractivity contribution < 1.29 is 18.3 Å². The molecule has 0 aliphatic heterocycles. The molecule has 0 heterocycles. The summed E-state index contributed by atoms with van der Waals surface area (Å²) in [5, 5.41) is 14.2. The molecule has 0 aliphatic rings. The highest BCUT2D eigenvalue weighted by molar-refractivity contribution is 5.65. The van der Waals surface area contributed by atoms with E-state index in [1.807, 2.05) is 0 Å². The predicted molar refractivity (Wildman–Crippen MR) is 68.3 cm³/mol. The average molecular weight is 282 g/mol. The highest BCUT2D eigenvalue weighted by Gasteiger charge is 2.34. The van der Waals surface area contributed by atoms with Gasteiger partial charge in [0.1, 0.15) is 11.4 Å². The molecule has 2 aromatic carbocycles. The molecular weight excluding hydrogens is 273 g/mol. The van der Waals surface area contributed by atoms with E-state index < -0.39 is 17.4 Å². The molecule has 0 amide bonds. The van der Waals surface area contributed by atoms with Crippen LogP contribution in [0.5, 0.6) is 5.75 Å². The second kappa shape index (κ2) is 5.20. The normalized spacial score (nSPS) is 11.2. The highest BCUT2D eigenvalue weighted by Crippen LogP contribution is 2.38. The molecule has 0 unspecified atom stereocenters. The zero-order valence-corrected chi connectivity index (χ0v) is 9.98. The van der Waals surface area contributed by atoms with Crippen LogP contribution in [0.3, 0.4) is 0 Å². The fourth-order valence-corrected chi connectivity index (χ4v) is 1.63. The number of phenols is 1. The topological polar surface area (TPSA) is 61.7 Å². The Morgan fingerprint density at radius 1 is 1.00 bits per heavy atom. The smallest absolute Gasteiger partial charge is 0.418 e. The predicted octanol–water partition coefficient (Wildman–Crippen LogP) is 4.55. The molecule has 2 aromatic rings. The molecule has 0 saturated heterocycles. The zero-order chi connectivity index (χ0) is 14.8. The lowest BCUT2D eigenvalue weighted by atomic mass is 10.1. The first-order valence-electron chi connectivity index (χ1n) is 5.51. The van der Waals surface area contributed by atoms with Crippen molar-refractivity contribution in [3.05, 3.63) is 52.9 Å². The maximum Gasteiger partial charge on any atom is 0.418 e. The van der Waals surface area contributed by atoms with Gasteiger partial charge in [0.05, 0.1) is 5.56 Å². The molecule has 0 radical (unpaired) electrons.